The molecule has 0 radical (unpaired) electrons. The van der Waals surface area contributed by atoms with Crippen LogP contribution in [0.2, 0.25) is 0 Å². The van der Waals surface area contributed by atoms with Gasteiger partial charge < -0.3 is 14.4 Å². The van der Waals surface area contributed by atoms with E-state index in [-0.39, 0.29) is 23.3 Å². The smallest absolute Gasteiger partial charge is 0.242 e. The van der Waals surface area contributed by atoms with Crippen molar-refractivity contribution in [2.45, 2.75) is 12.5 Å². The standard InChI is InChI=1S/C14H18ClNO5S/c1-20-12-4-3-10(7-13(12)21-2)16(14(17)8-15)11-5-6-22(18,19)9-11/h3-4,7,11H,5-6,8-9H2,1-2H3/t11-/m1/s1. The molecule has 0 N–H and O–H groups in total. The normalized spacial score (nSPS) is 19.7. The molecule has 1 saturated heterocycles. The topological polar surface area (TPSA) is 72.9 Å². The van der Waals surface area contributed by atoms with Gasteiger partial charge >= 0.3 is 0 Å². The summed E-state index contributed by atoms with van der Waals surface area (Å²) >= 11 is 5.68. The summed E-state index contributed by atoms with van der Waals surface area (Å²) in [6.07, 6.45) is 0.402. The van der Waals surface area contributed by atoms with Crippen LogP contribution in [0.3, 0.4) is 0 Å². The molecule has 0 bridgehead atoms. The van der Waals surface area contributed by atoms with Gasteiger partial charge in [-0.15, -0.1) is 11.6 Å². The van der Waals surface area contributed by atoms with Crippen LogP contribution >= 0.6 is 11.6 Å². The van der Waals surface area contributed by atoms with Gasteiger partial charge in [-0.3, -0.25) is 4.79 Å². The monoisotopic (exact) mass is 347 g/mol. The number of ether oxygens (including phenoxy) is 2. The van der Waals surface area contributed by atoms with E-state index in [0.29, 0.717) is 23.6 Å². The van der Waals surface area contributed by atoms with Gasteiger partial charge in [0, 0.05) is 11.8 Å². The van der Waals surface area contributed by atoms with Crippen molar-refractivity contribution in [1.29, 1.82) is 0 Å². The minimum absolute atomic E-state index is 0.0516. The zero-order chi connectivity index (χ0) is 16.3. The Morgan fingerprint density at radius 2 is 2.00 bits per heavy atom. The average Bonchev–Trinajstić information content (AvgIpc) is 2.86. The van der Waals surface area contributed by atoms with E-state index in [9.17, 15) is 13.2 Å². The molecule has 0 unspecified atom stereocenters. The van der Waals surface area contributed by atoms with Crippen molar-refractivity contribution in [3.8, 4) is 11.5 Å². The number of alkyl halides is 1. The average molecular weight is 348 g/mol. The number of hydrogen-bond acceptors (Lipinski definition) is 5. The maximum atomic E-state index is 12.2. The number of hydrogen-bond donors (Lipinski definition) is 0. The molecular formula is C14H18ClNO5S. The van der Waals surface area contributed by atoms with E-state index in [2.05, 4.69) is 0 Å². The molecule has 22 heavy (non-hydrogen) atoms. The molecule has 1 heterocycles. The van der Waals surface area contributed by atoms with E-state index < -0.39 is 15.9 Å². The van der Waals surface area contributed by atoms with Crippen LogP contribution in [0.25, 0.3) is 0 Å². The lowest BCUT2D eigenvalue weighted by Gasteiger charge is -2.28. The molecule has 1 aliphatic rings. The van der Waals surface area contributed by atoms with E-state index >= 15 is 0 Å². The van der Waals surface area contributed by atoms with Crippen LogP contribution in [-0.2, 0) is 14.6 Å². The summed E-state index contributed by atoms with van der Waals surface area (Å²) in [5, 5.41) is 0. The number of halogens is 1. The summed E-state index contributed by atoms with van der Waals surface area (Å²) in [7, 11) is -0.0996. The molecule has 0 aromatic heterocycles. The van der Waals surface area contributed by atoms with Gasteiger partial charge in [-0.25, -0.2) is 8.42 Å². The van der Waals surface area contributed by atoms with Gasteiger partial charge in [-0.1, -0.05) is 0 Å². The first kappa shape index (κ1) is 16.9. The Morgan fingerprint density at radius 1 is 1.32 bits per heavy atom. The quantitative estimate of drug-likeness (QED) is 0.754. The number of amides is 1. The van der Waals surface area contributed by atoms with Crippen molar-refractivity contribution in [3.05, 3.63) is 18.2 Å². The first-order chi connectivity index (χ1) is 10.4. The van der Waals surface area contributed by atoms with E-state index in [1.165, 1.54) is 19.1 Å². The minimum Gasteiger partial charge on any atom is -0.493 e. The molecule has 0 aliphatic carbocycles. The van der Waals surface area contributed by atoms with Gasteiger partial charge in [-0.2, -0.15) is 0 Å². The number of sulfone groups is 1. The Bertz CT molecular complexity index is 661. The van der Waals surface area contributed by atoms with Gasteiger partial charge in [-0.05, 0) is 18.6 Å². The predicted octanol–water partition coefficient (Wildman–Crippen LogP) is 1.46. The summed E-state index contributed by atoms with van der Waals surface area (Å²) in [5.41, 5.74) is 0.547. The molecule has 1 atom stereocenters. The molecule has 1 aromatic rings. The van der Waals surface area contributed by atoms with Crippen molar-refractivity contribution < 1.29 is 22.7 Å². The fourth-order valence-electron chi connectivity index (χ4n) is 2.58. The van der Waals surface area contributed by atoms with Gasteiger partial charge in [0.2, 0.25) is 5.91 Å². The van der Waals surface area contributed by atoms with Crippen molar-refractivity contribution in [3.63, 3.8) is 0 Å². The van der Waals surface area contributed by atoms with Crippen molar-refractivity contribution in [2.24, 2.45) is 0 Å². The van der Waals surface area contributed by atoms with Crippen LogP contribution in [0.15, 0.2) is 18.2 Å². The lowest BCUT2D eigenvalue weighted by atomic mass is 10.1. The van der Waals surface area contributed by atoms with Gasteiger partial charge in [0.15, 0.2) is 21.3 Å². The van der Waals surface area contributed by atoms with Crippen LogP contribution in [0.5, 0.6) is 11.5 Å². The second-order valence-electron chi connectivity index (χ2n) is 4.99. The lowest BCUT2D eigenvalue weighted by molar-refractivity contribution is -0.116. The molecule has 8 heteroatoms. The molecule has 1 fully saturated rings. The van der Waals surface area contributed by atoms with E-state index in [4.69, 9.17) is 21.1 Å². The first-order valence-electron chi connectivity index (χ1n) is 6.72. The second-order valence-corrected chi connectivity index (χ2v) is 7.49. The molecule has 122 valence electrons. The largest absolute Gasteiger partial charge is 0.493 e. The second kappa shape index (κ2) is 6.75. The fourth-order valence-corrected chi connectivity index (χ4v) is 4.41. The predicted molar refractivity (Wildman–Crippen MR) is 84.8 cm³/mol. The minimum atomic E-state index is -3.11. The molecule has 1 aromatic carbocycles. The number of rotatable bonds is 5. The maximum Gasteiger partial charge on any atom is 0.242 e. The van der Waals surface area contributed by atoms with Crippen LogP contribution in [0.1, 0.15) is 6.42 Å². The molecule has 0 spiro atoms. The Hall–Kier alpha value is -1.47. The zero-order valence-corrected chi connectivity index (χ0v) is 14.0. The Kier molecular flexibility index (Phi) is 5.18. The summed E-state index contributed by atoms with van der Waals surface area (Å²) < 4.78 is 33.8. The molecule has 1 aliphatic heterocycles. The highest BCUT2D eigenvalue weighted by Crippen LogP contribution is 2.34. The molecule has 0 saturated carbocycles. The Labute approximate surface area is 134 Å². The molecule has 1 amide bonds. The lowest BCUT2D eigenvalue weighted by Crippen LogP contribution is -2.42. The van der Waals surface area contributed by atoms with E-state index in [0.717, 1.165) is 0 Å². The highest BCUT2D eigenvalue weighted by Gasteiger charge is 2.35. The molecule has 2 rings (SSSR count). The summed E-state index contributed by atoms with van der Waals surface area (Å²) in [4.78, 5) is 13.6. The van der Waals surface area contributed by atoms with Crippen molar-refractivity contribution >= 4 is 33.0 Å². The number of carbonyl (C=O) groups is 1. The Balaban J connectivity index is 2.40. The van der Waals surface area contributed by atoms with E-state index in [1.807, 2.05) is 0 Å². The van der Waals surface area contributed by atoms with Gasteiger partial charge in [0.25, 0.3) is 0 Å². The summed E-state index contributed by atoms with van der Waals surface area (Å²) in [6.45, 7) is 0. The number of anilines is 1. The van der Waals surface area contributed by atoms with Crippen LogP contribution in [0.4, 0.5) is 5.69 Å². The molecular weight excluding hydrogens is 330 g/mol. The summed E-state index contributed by atoms with van der Waals surface area (Å²) in [6, 6.07) is 4.60. The fraction of sp³-hybridized carbons (Fsp3) is 0.500. The van der Waals surface area contributed by atoms with Crippen molar-refractivity contribution in [1.82, 2.24) is 0 Å². The van der Waals surface area contributed by atoms with Gasteiger partial charge in [0.05, 0.1) is 31.8 Å². The van der Waals surface area contributed by atoms with Crippen LogP contribution < -0.4 is 14.4 Å². The maximum absolute atomic E-state index is 12.2. The third kappa shape index (κ3) is 3.47. The van der Waals surface area contributed by atoms with Crippen LogP contribution in [-0.4, -0.2) is 52.0 Å². The molecule has 6 nitrogen and oxygen atoms in total. The van der Waals surface area contributed by atoms with E-state index in [1.54, 1.807) is 18.2 Å². The highest BCUT2D eigenvalue weighted by atomic mass is 35.5. The summed E-state index contributed by atoms with van der Waals surface area (Å²) in [5.74, 6) is 0.471. The third-order valence-corrected chi connectivity index (χ3v) is 5.58. The zero-order valence-electron chi connectivity index (χ0n) is 12.4. The number of benzene rings is 1. The number of carbonyl (C=O) groups excluding carboxylic acids is 1. The highest BCUT2D eigenvalue weighted by molar-refractivity contribution is 7.91. The Morgan fingerprint density at radius 3 is 2.50 bits per heavy atom. The van der Waals surface area contributed by atoms with Crippen LogP contribution in [0, 0.1) is 0 Å². The van der Waals surface area contributed by atoms with Gasteiger partial charge in [0.1, 0.15) is 5.88 Å². The first-order valence-corrected chi connectivity index (χ1v) is 9.08. The van der Waals surface area contributed by atoms with Crippen molar-refractivity contribution in [2.75, 3.05) is 36.5 Å². The number of nitrogens with zero attached hydrogens (tertiary/aromatic N) is 1. The third-order valence-electron chi connectivity index (χ3n) is 3.60. The number of methoxy groups -OCH3 is 2. The SMILES string of the molecule is COc1ccc(N(C(=O)CCl)[C@@H]2CCS(=O)(=O)C2)cc1OC.